The van der Waals surface area contributed by atoms with Gasteiger partial charge in [-0.15, -0.1) is 11.8 Å². The molecule has 0 aliphatic rings. The van der Waals surface area contributed by atoms with Crippen LogP contribution in [0.15, 0.2) is 53.4 Å². The molecular weight excluding hydrogens is 337 g/mol. The molecule has 1 N–H and O–H groups in total. The summed E-state index contributed by atoms with van der Waals surface area (Å²) < 4.78 is 38.3. The summed E-state index contributed by atoms with van der Waals surface area (Å²) >= 11 is 1.15. The molecule has 122 valence electrons. The fourth-order valence-electron chi connectivity index (χ4n) is 1.94. The number of hydrogen-bond donors (Lipinski definition) is 1. The average molecular weight is 353 g/mol. The van der Waals surface area contributed by atoms with E-state index in [1.54, 1.807) is 37.3 Å². The Hall–Kier alpha value is -1.86. The van der Waals surface area contributed by atoms with Crippen molar-refractivity contribution in [2.45, 2.75) is 17.1 Å². The van der Waals surface area contributed by atoms with Crippen molar-refractivity contribution in [3.05, 3.63) is 59.9 Å². The van der Waals surface area contributed by atoms with E-state index in [0.717, 1.165) is 18.0 Å². The number of nitrogens with one attached hydrogen (secondary N) is 1. The summed E-state index contributed by atoms with van der Waals surface area (Å²) in [5, 5.41) is -0.458. The normalized spacial score (nSPS) is 12.7. The second kappa shape index (κ2) is 7.14. The van der Waals surface area contributed by atoms with Gasteiger partial charge in [-0.05, 0) is 43.3 Å². The SMILES string of the molecule is CC(Sc1ccccc1F)C(=O)c1ccc(NS(C)(=O)=O)cc1. The van der Waals surface area contributed by atoms with E-state index in [0.29, 0.717) is 16.1 Å². The van der Waals surface area contributed by atoms with Crippen LogP contribution in [0, 0.1) is 5.82 Å². The summed E-state index contributed by atoms with van der Waals surface area (Å²) in [5.41, 5.74) is 0.832. The molecule has 0 spiro atoms. The van der Waals surface area contributed by atoms with Crippen molar-refractivity contribution in [3.8, 4) is 0 Å². The quantitative estimate of drug-likeness (QED) is 0.637. The van der Waals surface area contributed by atoms with Crippen LogP contribution in [0.3, 0.4) is 0 Å². The topological polar surface area (TPSA) is 63.2 Å². The van der Waals surface area contributed by atoms with Crippen LogP contribution in [-0.4, -0.2) is 25.7 Å². The van der Waals surface area contributed by atoms with Crippen LogP contribution in [-0.2, 0) is 10.0 Å². The number of halogens is 1. The molecule has 0 aliphatic carbocycles. The molecule has 0 aromatic heterocycles. The van der Waals surface area contributed by atoms with Crippen LogP contribution in [0.5, 0.6) is 0 Å². The van der Waals surface area contributed by atoms with Crippen LogP contribution >= 0.6 is 11.8 Å². The van der Waals surface area contributed by atoms with Gasteiger partial charge >= 0.3 is 0 Å². The minimum atomic E-state index is -3.35. The first-order chi connectivity index (χ1) is 10.8. The summed E-state index contributed by atoms with van der Waals surface area (Å²) in [4.78, 5) is 12.8. The van der Waals surface area contributed by atoms with Crippen molar-refractivity contribution in [1.29, 1.82) is 0 Å². The van der Waals surface area contributed by atoms with Crippen molar-refractivity contribution in [2.75, 3.05) is 11.0 Å². The molecule has 23 heavy (non-hydrogen) atoms. The van der Waals surface area contributed by atoms with E-state index in [1.165, 1.54) is 18.2 Å². The highest BCUT2D eigenvalue weighted by Gasteiger charge is 2.18. The standard InChI is InChI=1S/C16H16FNO3S2/c1-11(22-15-6-4-3-5-14(15)17)16(19)12-7-9-13(10-8-12)18-23(2,20)21/h3-11,18H,1-2H3. The summed E-state index contributed by atoms with van der Waals surface area (Å²) in [6.07, 6.45) is 1.05. The number of hydrogen-bond acceptors (Lipinski definition) is 4. The molecule has 0 fully saturated rings. The molecule has 4 nitrogen and oxygen atoms in total. The van der Waals surface area contributed by atoms with Gasteiger partial charge in [0, 0.05) is 16.1 Å². The second-order valence-corrected chi connectivity index (χ2v) is 8.14. The number of ketones is 1. The predicted molar refractivity (Wildman–Crippen MR) is 91.0 cm³/mol. The summed E-state index contributed by atoms with van der Waals surface area (Å²) in [5.74, 6) is -0.506. The van der Waals surface area contributed by atoms with E-state index >= 15 is 0 Å². The van der Waals surface area contributed by atoms with Gasteiger partial charge in [0.2, 0.25) is 10.0 Å². The van der Waals surface area contributed by atoms with E-state index in [2.05, 4.69) is 4.72 Å². The number of sulfonamides is 1. The highest BCUT2D eigenvalue weighted by atomic mass is 32.2. The third-order valence-corrected chi connectivity index (χ3v) is 4.74. The van der Waals surface area contributed by atoms with Gasteiger partial charge in [-0.25, -0.2) is 12.8 Å². The molecule has 0 aliphatic heterocycles. The molecule has 0 bridgehead atoms. The Labute approximate surface area is 139 Å². The maximum Gasteiger partial charge on any atom is 0.229 e. The van der Waals surface area contributed by atoms with Crippen LogP contribution in [0.1, 0.15) is 17.3 Å². The largest absolute Gasteiger partial charge is 0.293 e. The van der Waals surface area contributed by atoms with Crippen molar-refractivity contribution in [3.63, 3.8) is 0 Å². The maximum absolute atomic E-state index is 13.6. The first kappa shape index (κ1) is 17.5. The van der Waals surface area contributed by atoms with Crippen molar-refractivity contribution < 1.29 is 17.6 Å². The Balaban J connectivity index is 2.09. The van der Waals surface area contributed by atoms with Gasteiger partial charge in [0.05, 0.1) is 11.5 Å². The van der Waals surface area contributed by atoms with E-state index in [9.17, 15) is 17.6 Å². The third kappa shape index (κ3) is 5.07. The Morgan fingerprint density at radius 1 is 1.13 bits per heavy atom. The Morgan fingerprint density at radius 2 is 1.74 bits per heavy atom. The predicted octanol–water partition coefficient (Wildman–Crippen LogP) is 3.56. The van der Waals surface area contributed by atoms with Crippen molar-refractivity contribution in [1.82, 2.24) is 0 Å². The monoisotopic (exact) mass is 353 g/mol. The van der Waals surface area contributed by atoms with Crippen LogP contribution in [0.2, 0.25) is 0 Å². The van der Waals surface area contributed by atoms with Gasteiger partial charge in [-0.2, -0.15) is 0 Å². The molecule has 7 heteroatoms. The molecular formula is C16H16FNO3S2. The third-order valence-electron chi connectivity index (χ3n) is 2.98. The number of benzene rings is 2. The number of rotatable bonds is 6. The lowest BCUT2D eigenvalue weighted by molar-refractivity contribution is 0.0994. The number of anilines is 1. The Kier molecular flexibility index (Phi) is 5.43. The van der Waals surface area contributed by atoms with Gasteiger partial charge in [0.1, 0.15) is 5.82 Å². The minimum Gasteiger partial charge on any atom is -0.293 e. The van der Waals surface area contributed by atoms with E-state index in [4.69, 9.17) is 0 Å². The first-order valence-electron chi connectivity index (χ1n) is 6.79. The molecule has 2 rings (SSSR count). The van der Waals surface area contributed by atoms with Crippen LogP contribution < -0.4 is 4.72 Å². The number of carbonyl (C=O) groups excluding carboxylic acids is 1. The van der Waals surface area contributed by atoms with Crippen molar-refractivity contribution >= 4 is 33.3 Å². The van der Waals surface area contributed by atoms with E-state index in [1.807, 2.05) is 0 Å². The molecule has 0 radical (unpaired) electrons. The van der Waals surface area contributed by atoms with Gasteiger partial charge in [-0.3, -0.25) is 9.52 Å². The van der Waals surface area contributed by atoms with Crippen molar-refractivity contribution in [2.24, 2.45) is 0 Å². The highest BCUT2D eigenvalue weighted by Crippen LogP contribution is 2.28. The molecule has 0 saturated heterocycles. The maximum atomic E-state index is 13.6. The molecule has 0 amide bonds. The first-order valence-corrected chi connectivity index (χ1v) is 9.56. The van der Waals surface area contributed by atoms with Gasteiger partial charge in [-0.1, -0.05) is 12.1 Å². The smallest absolute Gasteiger partial charge is 0.229 e. The number of thioether (sulfide) groups is 1. The zero-order chi connectivity index (χ0) is 17.0. The molecule has 1 unspecified atom stereocenters. The fraction of sp³-hybridized carbons (Fsp3) is 0.188. The minimum absolute atomic E-state index is 0.149. The zero-order valence-corrected chi connectivity index (χ0v) is 14.2. The zero-order valence-electron chi connectivity index (χ0n) is 12.6. The Morgan fingerprint density at radius 3 is 2.30 bits per heavy atom. The van der Waals surface area contributed by atoms with Gasteiger partial charge in [0.15, 0.2) is 5.78 Å². The van der Waals surface area contributed by atoms with Crippen LogP contribution in [0.25, 0.3) is 0 Å². The highest BCUT2D eigenvalue weighted by molar-refractivity contribution is 8.00. The molecule has 0 saturated carbocycles. The number of carbonyl (C=O) groups is 1. The van der Waals surface area contributed by atoms with Gasteiger partial charge in [0.25, 0.3) is 0 Å². The summed E-state index contributed by atoms with van der Waals surface area (Å²) in [7, 11) is -3.35. The van der Waals surface area contributed by atoms with Crippen LogP contribution in [0.4, 0.5) is 10.1 Å². The molecule has 2 aromatic rings. The number of Topliss-reactive ketones (excluding diaryl/α,β-unsaturated/α-hetero) is 1. The molecule has 0 heterocycles. The summed E-state index contributed by atoms with van der Waals surface area (Å²) in [6.45, 7) is 1.71. The lowest BCUT2D eigenvalue weighted by Gasteiger charge is -2.11. The Bertz CT molecular complexity index is 804. The average Bonchev–Trinajstić information content (AvgIpc) is 2.48. The lowest BCUT2D eigenvalue weighted by atomic mass is 10.1. The van der Waals surface area contributed by atoms with E-state index < -0.39 is 15.3 Å². The van der Waals surface area contributed by atoms with E-state index in [-0.39, 0.29) is 11.6 Å². The molecule has 2 aromatic carbocycles. The molecule has 1 atom stereocenters. The summed E-state index contributed by atoms with van der Waals surface area (Å²) in [6, 6.07) is 12.4. The fourth-order valence-corrected chi connectivity index (χ4v) is 3.46. The lowest BCUT2D eigenvalue weighted by Crippen LogP contribution is -2.14. The second-order valence-electron chi connectivity index (χ2n) is 5.01. The van der Waals surface area contributed by atoms with Gasteiger partial charge < -0.3 is 0 Å².